The second-order valence-electron chi connectivity index (χ2n) is 5.60. The van der Waals surface area contributed by atoms with Crippen molar-refractivity contribution in [1.82, 2.24) is 5.32 Å². The molecular weight excluding hydrogens is 266 g/mol. The number of aliphatic carboxylic acids is 1. The molecule has 0 spiro atoms. The van der Waals surface area contributed by atoms with E-state index in [4.69, 9.17) is 5.11 Å². The molecule has 0 radical (unpaired) electrons. The highest BCUT2D eigenvalue weighted by molar-refractivity contribution is 7.84. The molecule has 1 amide bonds. The monoisotopic (exact) mass is 289 g/mol. The summed E-state index contributed by atoms with van der Waals surface area (Å²) in [5, 5.41) is 12.0. The molecule has 5 unspecified atom stereocenters. The quantitative estimate of drug-likeness (QED) is 0.764. The van der Waals surface area contributed by atoms with Crippen molar-refractivity contribution in [2.75, 3.05) is 12.0 Å². The predicted molar refractivity (Wildman–Crippen MR) is 74.2 cm³/mol. The zero-order valence-electron chi connectivity index (χ0n) is 11.7. The van der Waals surface area contributed by atoms with Crippen LogP contribution in [0.2, 0.25) is 0 Å². The summed E-state index contributed by atoms with van der Waals surface area (Å²) in [5.41, 5.74) is 0. The first-order valence-electron chi connectivity index (χ1n) is 6.64. The fraction of sp³-hybridized carbons (Fsp3) is 0.846. The second-order valence-corrected chi connectivity index (χ2v) is 7.16. The van der Waals surface area contributed by atoms with Crippen LogP contribution in [0.25, 0.3) is 0 Å². The molecule has 0 aromatic heterocycles. The van der Waals surface area contributed by atoms with E-state index in [-0.39, 0.29) is 17.9 Å². The van der Waals surface area contributed by atoms with Gasteiger partial charge >= 0.3 is 5.97 Å². The first-order valence-corrected chi connectivity index (χ1v) is 8.37. The molecule has 1 fully saturated rings. The minimum atomic E-state index is -0.883. The van der Waals surface area contributed by atoms with Crippen molar-refractivity contribution in [3.05, 3.63) is 0 Å². The van der Waals surface area contributed by atoms with Gasteiger partial charge in [-0.3, -0.25) is 13.8 Å². The number of carboxylic acid groups (broad SMARTS) is 1. The number of nitrogens with one attached hydrogen (secondary N) is 1. The van der Waals surface area contributed by atoms with Gasteiger partial charge in [-0.05, 0) is 32.1 Å². The van der Waals surface area contributed by atoms with Gasteiger partial charge in [0.1, 0.15) is 0 Å². The Morgan fingerprint density at radius 3 is 2.47 bits per heavy atom. The normalized spacial score (nSPS) is 29.7. The van der Waals surface area contributed by atoms with Crippen LogP contribution in [-0.2, 0) is 20.4 Å². The van der Waals surface area contributed by atoms with Crippen LogP contribution >= 0.6 is 0 Å². The van der Waals surface area contributed by atoms with Crippen molar-refractivity contribution in [3.8, 4) is 0 Å². The van der Waals surface area contributed by atoms with Gasteiger partial charge in [0.2, 0.25) is 5.91 Å². The highest BCUT2D eigenvalue weighted by Crippen LogP contribution is 2.36. The van der Waals surface area contributed by atoms with Gasteiger partial charge in [-0.25, -0.2) is 0 Å². The van der Waals surface area contributed by atoms with E-state index in [9.17, 15) is 13.8 Å². The maximum atomic E-state index is 12.1. The number of hydrogen-bond donors (Lipinski definition) is 2. The summed E-state index contributed by atoms with van der Waals surface area (Å²) in [6.07, 6.45) is 3.48. The highest BCUT2D eigenvalue weighted by Gasteiger charge is 2.41. The van der Waals surface area contributed by atoms with Gasteiger partial charge in [0.15, 0.2) is 0 Å². The smallest absolute Gasteiger partial charge is 0.307 e. The van der Waals surface area contributed by atoms with Crippen LogP contribution < -0.4 is 5.32 Å². The molecule has 0 heterocycles. The van der Waals surface area contributed by atoms with E-state index in [0.29, 0.717) is 25.0 Å². The van der Waals surface area contributed by atoms with Crippen molar-refractivity contribution in [3.63, 3.8) is 0 Å². The van der Waals surface area contributed by atoms with Crippen molar-refractivity contribution in [2.45, 2.75) is 39.2 Å². The van der Waals surface area contributed by atoms with Crippen LogP contribution in [-0.4, -0.2) is 39.2 Å². The first-order chi connectivity index (χ1) is 8.81. The number of carbonyl (C=O) groups excluding carboxylic acids is 1. The van der Waals surface area contributed by atoms with Gasteiger partial charge < -0.3 is 10.4 Å². The average Bonchev–Trinajstić information content (AvgIpc) is 2.69. The molecule has 1 aliphatic rings. The van der Waals surface area contributed by atoms with E-state index < -0.39 is 28.6 Å². The molecule has 1 rings (SSSR count). The SMILES string of the molecule is CC1CC(C(=O)O)C(C(=O)NC(C)CCS(C)=O)C1. The lowest BCUT2D eigenvalue weighted by molar-refractivity contribution is -0.146. The summed E-state index contributed by atoms with van der Waals surface area (Å²) in [4.78, 5) is 23.3. The zero-order chi connectivity index (χ0) is 14.6. The third-order valence-electron chi connectivity index (χ3n) is 3.68. The van der Waals surface area contributed by atoms with Crippen LogP contribution in [0.3, 0.4) is 0 Å². The van der Waals surface area contributed by atoms with Crippen LogP contribution in [0.5, 0.6) is 0 Å². The van der Waals surface area contributed by atoms with Gasteiger partial charge in [-0.1, -0.05) is 6.92 Å². The summed E-state index contributed by atoms with van der Waals surface area (Å²) < 4.78 is 11.0. The fourth-order valence-electron chi connectivity index (χ4n) is 2.62. The Hall–Kier alpha value is -0.910. The third-order valence-corrected chi connectivity index (χ3v) is 4.49. The Morgan fingerprint density at radius 1 is 1.37 bits per heavy atom. The summed E-state index contributed by atoms with van der Waals surface area (Å²) in [5.74, 6) is -1.23. The van der Waals surface area contributed by atoms with E-state index in [0.717, 1.165) is 0 Å². The van der Waals surface area contributed by atoms with Crippen molar-refractivity contribution in [1.29, 1.82) is 0 Å². The zero-order valence-corrected chi connectivity index (χ0v) is 12.5. The first kappa shape index (κ1) is 16.1. The van der Waals surface area contributed by atoms with Crippen molar-refractivity contribution >= 4 is 22.7 Å². The molecule has 5 nitrogen and oxygen atoms in total. The molecule has 5 atom stereocenters. The van der Waals surface area contributed by atoms with Gasteiger partial charge in [-0.15, -0.1) is 0 Å². The maximum absolute atomic E-state index is 12.1. The lowest BCUT2D eigenvalue weighted by Gasteiger charge is -2.19. The standard InChI is InChI=1S/C13H23NO4S/c1-8-6-10(11(7-8)13(16)17)12(15)14-9(2)4-5-19(3)18/h8-11H,4-7H2,1-3H3,(H,14,15)(H,16,17). The largest absolute Gasteiger partial charge is 0.481 e. The Bertz CT molecular complexity index is 372. The van der Waals surface area contributed by atoms with Crippen LogP contribution in [0.4, 0.5) is 0 Å². The number of hydrogen-bond acceptors (Lipinski definition) is 3. The molecule has 0 saturated heterocycles. The number of rotatable bonds is 6. The minimum Gasteiger partial charge on any atom is -0.481 e. The molecule has 1 aliphatic carbocycles. The summed E-state index contributed by atoms with van der Waals surface area (Å²) in [6, 6.07) is -0.0678. The van der Waals surface area contributed by atoms with Gasteiger partial charge in [0.25, 0.3) is 0 Å². The van der Waals surface area contributed by atoms with E-state index in [1.54, 1.807) is 6.26 Å². The molecule has 19 heavy (non-hydrogen) atoms. The number of carboxylic acids is 1. The van der Waals surface area contributed by atoms with Crippen LogP contribution in [0, 0.1) is 17.8 Å². The van der Waals surface area contributed by atoms with Gasteiger partial charge in [-0.2, -0.15) is 0 Å². The number of carbonyl (C=O) groups is 2. The molecule has 2 N–H and O–H groups in total. The molecule has 0 aliphatic heterocycles. The third kappa shape index (κ3) is 4.93. The van der Waals surface area contributed by atoms with E-state index in [1.165, 1.54) is 0 Å². The lowest BCUT2D eigenvalue weighted by Crippen LogP contribution is -2.40. The Labute approximate surface area is 116 Å². The molecule has 1 saturated carbocycles. The predicted octanol–water partition coefficient (Wildman–Crippen LogP) is 1.01. The molecule has 0 aromatic carbocycles. The van der Waals surface area contributed by atoms with Gasteiger partial charge in [0, 0.05) is 28.9 Å². The van der Waals surface area contributed by atoms with Crippen molar-refractivity contribution in [2.24, 2.45) is 17.8 Å². The van der Waals surface area contributed by atoms with Crippen LogP contribution in [0.1, 0.15) is 33.1 Å². The Balaban J connectivity index is 2.52. The average molecular weight is 289 g/mol. The summed E-state index contributed by atoms with van der Waals surface area (Å²) in [7, 11) is -0.868. The topological polar surface area (TPSA) is 83.5 Å². The summed E-state index contributed by atoms with van der Waals surface area (Å²) >= 11 is 0. The minimum absolute atomic E-state index is 0.0678. The van der Waals surface area contributed by atoms with E-state index >= 15 is 0 Å². The maximum Gasteiger partial charge on any atom is 0.307 e. The van der Waals surface area contributed by atoms with Crippen LogP contribution in [0.15, 0.2) is 0 Å². The number of amides is 1. The lowest BCUT2D eigenvalue weighted by atomic mass is 9.95. The molecule has 6 heteroatoms. The van der Waals surface area contributed by atoms with Gasteiger partial charge in [0.05, 0.1) is 11.8 Å². The van der Waals surface area contributed by atoms with E-state index in [1.807, 2.05) is 13.8 Å². The Morgan fingerprint density at radius 2 is 1.95 bits per heavy atom. The second kappa shape index (κ2) is 7.03. The Kier molecular flexibility index (Phi) is 5.97. The molecule has 110 valence electrons. The molecule has 0 aromatic rings. The van der Waals surface area contributed by atoms with Crippen molar-refractivity contribution < 1.29 is 18.9 Å². The molecular formula is C13H23NO4S. The van der Waals surface area contributed by atoms with E-state index in [2.05, 4.69) is 5.32 Å². The summed E-state index contributed by atoms with van der Waals surface area (Å²) in [6.45, 7) is 3.84. The fourth-order valence-corrected chi connectivity index (χ4v) is 3.30. The highest BCUT2D eigenvalue weighted by atomic mass is 32.2. The molecule has 0 bridgehead atoms.